The molecule has 2 atom stereocenters. The molecule has 1 fully saturated rings. The topological polar surface area (TPSA) is 32.7 Å². The molecule has 2 aromatic carbocycles. The zero-order chi connectivity index (χ0) is 22.8. The molecule has 1 saturated carbocycles. The SMILES string of the molecule is O=C(/C=C/c1cccs1)N1N=C2/C(=C\c3ccc(Cl)cc3)CCCC2C1c1ccc(Cl)cc1. The van der Waals surface area contributed by atoms with Gasteiger partial charge in [-0.05, 0) is 83.8 Å². The fourth-order valence-electron chi connectivity index (χ4n) is 4.55. The number of nitrogens with zero attached hydrogens (tertiary/aromatic N) is 2. The number of benzene rings is 2. The largest absolute Gasteiger partial charge is 0.268 e. The van der Waals surface area contributed by atoms with Gasteiger partial charge in [0.1, 0.15) is 0 Å². The number of thiophene rings is 1. The van der Waals surface area contributed by atoms with Crippen molar-refractivity contribution in [2.45, 2.75) is 25.3 Å². The zero-order valence-corrected chi connectivity index (χ0v) is 20.2. The summed E-state index contributed by atoms with van der Waals surface area (Å²) in [5.74, 6) is 0.0358. The first-order valence-electron chi connectivity index (χ1n) is 10.9. The van der Waals surface area contributed by atoms with Gasteiger partial charge in [-0.25, -0.2) is 5.01 Å². The Morgan fingerprint density at radius 2 is 1.76 bits per heavy atom. The van der Waals surface area contributed by atoms with E-state index in [0.717, 1.165) is 41.0 Å². The lowest BCUT2D eigenvalue weighted by molar-refractivity contribution is -0.128. The summed E-state index contributed by atoms with van der Waals surface area (Å²) in [7, 11) is 0. The number of allylic oxidation sites excluding steroid dienone is 1. The monoisotopic (exact) mass is 492 g/mol. The van der Waals surface area contributed by atoms with Crippen LogP contribution < -0.4 is 0 Å². The summed E-state index contributed by atoms with van der Waals surface area (Å²) in [6, 6.07) is 19.4. The van der Waals surface area contributed by atoms with Crippen molar-refractivity contribution in [2.75, 3.05) is 0 Å². The van der Waals surface area contributed by atoms with Crippen LogP contribution in [-0.4, -0.2) is 16.6 Å². The fourth-order valence-corrected chi connectivity index (χ4v) is 5.42. The highest BCUT2D eigenvalue weighted by atomic mass is 35.5. The number of carbonyl (C=O) groups is 1. The number of rotatable bonds is 4. The number of hydrazone groups is 1. The Hall–Kier alpha value is -2.66. The first kappa shape index (κ1) is 22.1. The molecule has 0 saturated heterocycles. The zero-order valence-electron chi connectivity index (χ0n) is 17.8. The van der Waals surface area contributed by atoms with Crippen molar-refractivity contribution in [1.82, 2.24) is 5.01 Å². The van der Waals surface area contributed by atoms with Crippen molar-refractivity contribution >= 4 is 58.3 Å². The molecule has 0 radical (unpaired) electrons. The van der Waals surface area contributed by atoms with Gasteiger partial charge in [0.05, 0.1) is 11.8 Å². The number of fused-ring (bicyclic) bond motifs is 1. The predicted molar refractivity (Wildman–Crippen MR) is 139 cm³/mol. The van der Waals surface area contributed by atoms with Crippen molar-refractivity contribution in [3.05, 3.63) is 104 Å². The number of hydrogen-bond donors (Lipinski definition) is 0. The molecule has 166 valence electrons. The summed E-state index contributed by atoms with van der Waals surface area (Å²) in [5.41, 5.74) is 4.33. The minimum Gasteiger partial charge on any atom is -0.268 e. The van der Waals surface area contributed by atoms with Gasteiger partial charge in [-0.2, -0.15) is 5.10 Å². The Morgan fingerprint density at radius 3 is 2.45 bits per heavy atom. The van der Waals surface area contributed by atoms with Crippen molar-refractivity contribution in [1.29, 1.82) is 0 Å². The third kappa shape index (κ3) is 4.84. The van der Waals surface area contributed by atoms with Gasteiger partial charge in [0.2, 0.25) is 0 Å². The normalized spacial score (nSPS) is 21.5. The lowest BCUT2D eigenvalue weighted by atomic mass is 9.77. The summed E-state index contributed by atoms with van der Waals surface area (Å²) >= 11 is 13.8. The smallest absolute Gasteiger partial charge is 0.267 e. The van der Waals surface area contributed by atoms with Crippen molar-refractivity contribution in [2.24, 2.45) is 11.0 Å². The van der Waals surface area contributed by atoms with Gasteiger partial charge in [-0.1, -0.05) is 53.5 Å². The van der Waals surface area contributed by atoms with E-state index >= 15 is 0 Å². The molecule has 3 nitrogen and oxygen atoms in total. The van der Waals surface area contributed by atoms with Gasteiger partial charge in [-0.3, -0.25) is 4.79 Å². The second kappa shape index (κ2) is 9.68. The molecule has 1 amide bonds. The average molecular weight is 493 g/mol. The summed E-state index contributed by atoms with van der Waals surface area (Å²) in [5, 5.41) is 9.97. The Kier molecular flexibility index (Phi) is 6.50. The molecule has 1 aromatic heterocycles. The molecule has 0 N–H and O–H groups in total. The average Bonchev–Trinajstić information content (AvgIpc) is 3.48. The summed E-state index contributed by atoms with van der Waals surface area (Å²) < 4.78 is 0. The van der Waals surface area contributed by atoms with Crippen LogP contribution in [0.5, 0.6) is 0 Å². The molecule has 5 rings (SSSR count). The van der Waals surface area contributed by atoms with E-state index in [1.165, 1.54) is 5.57 Å². The second-order valence-electron chi connectivity index (χ2n) is 8.23. The molecule has 2 aliphatic rings. The molecule has 1 aliphatic carbocycles. The highest BCUT2D eigenvalue weighted by Crippen LogP contribution is 2.44. The van der Waals surface area contributed by atoms with Crippen molar-refractivity contribution in [3.8, 4) is 0 Å². The Bertz CT molecular complexity index is 1230. The minimum absolute atomic E-state index is 0.115. The van der Waals surface area contributed by atoms with Crippen LogP contribution in [0.1, 0.15) is 41.3 Å². The maximum Gasteiger partial charge on any atom is 0.267 e. The molecule has 33 heavy (non-hydrogen) atoms. The Balaban J connectivity index is 1.52. The van der Waals surface area contributed by atoms with Crippen LogP contribution in [0.25, 0.3) is 12.2 Å². The van der Waals surface area contributed by atoms with Gasteiger partial charge in [-0.15, -0.1) is 11.3 Å². The van der Waals surface area contributed by atoms with Gasteiger partial charge in [0, 0.05) is 26.9 Å². The molecular weight excluding hydrogens is 471 g/mol. The molecule has 2 unspecified atom stereocenters. The molecule has 0 spiro atoms. The molecular formula is C27H22Cl2N2OS. The third-order valence-corrected chi connectivity index (χ3v) is 7.42. The number of halogens is 2. The van der Waals surface area contributed by atoms with Gasteiger partial charge in [0.25, 0.3) is 5.91 Å². The van der Waals surface area contributed by atoms with Crippen LogP contribution in [-0.2, 0) is 4.79 Å². The molecule has 6 heteroatoms. The van der Waals surface area contributed by atoms with E-state index in [-0.39, 0.29) is 17.9 Å². The maximum absolute atomic E-state index is 13.3. The predicted octanol–water partition coefficient (Wildman–Crippen LogP) is 7.89. The lowest BCUT2D eigenvalue weighted by Crippen LogP contribution is -2.30. The minimum atomic E-state index is -0.147. The van der Waals surface area contributed by atoms with Gasteiger partial charge in [0.15, 0.2) is 0 Å². The van der Waals surface area contributed by atoms with Crippen LogP contribution in [0.3, 0.4) is 0 Å². The fraction of sp³-hybridized carbons (Fsp3) is 0.185. The third-order valence-electron chi connectivity index (χ3n) is 6.08. The molecule has 1 aliphatic heterocycles. The van der Waals surface area contributed by atoms with Crippen molar-refractivity contribution in [3.63, 3.8) is 0 Å². The maximum atomic E-state index is 13.3. The van der Waals surface area contributed by atoms with E-state index in [4.69, 9.17) is 28.3 Å². The second-order valence-corrected chi connectivity index (χ2v) is 10.1. The molecule has 0 bridgehead atoms. The first-order chi connectivity index (χ1) is 16.1. The highest BCUT2D eigenvalue weighted by Gasteiger charge is 2.43. The lowest BCUT2D eigenvalue weighted by Gasteiger charge is -2.29. The van der Waals surface area contributed by atoms with E-state index in [1.807, 2.05) is 72.1 Å². The van der Waals surface area contributed by atoms with E-state index in [2.05, 4.69) is 6.08 Å². The van der Waals surface area contributed by atoms with E-state index in [1.54, 1.807) is 22.4 Å². The van der Waals surface area contributed by atoms with Crippen LogP contribution >= 0.6 is 34.5 Å². The Labute approximate surface area is 207 Å². The molecule has 3 aromatic rings. The number of hydrogen-bond acceptors (Lipinski definition) is 3. The van der Waals surface area contributed by atoms with Crippen LogP contribution in [0.15, 0.2) is 82.8 Å². The standard InChI is InChI=1S/C27H22Cl2N2OS/c28-21-10-6-18(7-11-21)17-20-3-1-5-24-26(20)30-31(25(32)15-14-23-4-2-16-33-23)27(24)19-8-12-22(29)13-9-19/h2,4,6-17,24,27H,1,3,5H2/b15-14+,20-17-. The van der Waals surface area contributed by atoms with Crippen LogP contribution in [0, 0.1) is 5.92 Å². The van der Waals surface area contributed by atoms with Crippen LogP contribution in [0.2, 0.25) is 10.0 Å². The van der Waals surface area contributed by atoms with Crippen molar-refractivity contribution < 1.29 is 4.79 Å². The van der Waals surface area contributed by atoms with E-state index in [0.29, 0.717) is 10.0 Å². The highest BCUT2D eigenvalue weighted by molar-refractivity contribution is 7.10. The Morgan fingerprint density at radius 1 is 1.03 bits per heavy atom. The van der Waals surface area contributed by atoms with Gasteiger partial charge < -0.3 is 0 Å². The van der Waals surface area contributed by atoms with Crippen LogP contribution in [0.4, 0.5) is 0 Å². The number of carbonyl (C=O) groups excluding carboxylic acids is 1. The number of amides is 1. The molecule has 2 heterocycles. The quantitative estimate of drug-likeness (QED) is 0.340. The summed E-state index contributed by atoms with van der Waals surface area (Å²) in [4.78, 5) is 14.4. The summed E-state index contributed by atoms with van der Waals surface area (Å²) in [6.07, 6.45) is 8.65. The first-order valence-corrected chi connectivity index (χ1v) is 12.6. The van der Waals surface area contributed by atoms with E-state index < -0.39 is 0 Å². The summed E-state index contributed by atoms with van der Waals surface area (Å²) in [6.45, 7) is 0. The van der Waals surface area contributed by atoms with Gasteiger partial charge >= 0.3 is 0 Å². The van der Waals surface area contributed by atoms with E-state index in [9.17, 15) is 4.79 Å².